The van der Waals surface area contributed by atoms with E-state index < -0.39 is 0 Å². The molecule has 0 aromatic carbocycles. The van der Waals surface area contributed by atoms with Crippen LogP contribution in [0.15, 0.2) is 18.3 Å². The Kier molecular flexibility index (Phi) is 3.52. The van der Waals surface area contributed by atoms with Crippen LogP contribution in [0.4, 0.5) is 11.5 Å². The zero-order valence-corrected chi connectivity index (χ0v) is 10.9. The van der Waals surface area contributed by atoms with Crippen molar-refractivity contribution >= 4 is 11.5 Å². The smallest absolute Gasteiger partial charge is 0.127 e. The predicted octanol–water partition coefficient (Wildman–Crippen LogP) is 2.13. The van der Waals surface area contributed by atoms with Crippen LogP contribution in [0.3, 0.4) is 0 Å². The lowest BCUT2D eigenvalue weighted by Crippen LogP contribution is -2.53. The summed E-state index contributed by atoms with van der Waals surface area (Å²) in [5.74, 6) is 0.937. The van der Waals surface area contributed by atoms with E-state index in [-0.39, 0.29) is 5.54 Å². The molecule has 94 valence electrons. The van der Waals surface area contributed by atoms with Crippen LogP contribution in [0.25, 0.3) is 0 Å². The molecule has 17 heavy (non-hydrogen) atoms. The van der Waals surface area contributed by atoms with Crippen molar-refractivity contribution in [1.29, 1.82) is 0 Å². The SMILES string of the molecule is CCNc1cc(N2CCOCC2(C)C)ccn1. The molecule has 1 aliphatic heterocycles. The monoisotopic (exact) mass is 235 g/mol. The summed E-state index contributed by atoms with van der Waals surface area (Å²) in [6.45, 7) is 9.88. The number of anilines is 2. The van der Waals surface area contributed by atoms with Gasteiger partial charge in [0.2, 0.25) is 0 Å². The summed E-state index contributed by atoms with van der Waals surface area (Å²) in [6, 6.07) is 4.17. The van der Waals surface area contributed by atoms with Gasteiger partial charge in [0, 0.05) is 31.0 Å². The fourth-order valence-electron chi connectivity index (χ4n) is 2.20. The quantitative estimate of drug-likeness (QED) is 0.871. The number of ether oxygens (including phenoxy) is 1. The number of hydrogen-bond acceptors (Lipinski definition) is 4. The summed E-state index contributed by atoms with van der Waals surface area (Å²) < 4.78 is 5.54. The molecule has 1 saturated heterocycles. The van der Waals surface area contributed by atoms with Gasteiger partial charge in [-0.2, -0.15) is 0 Å². The fourth-order valence-corrected chi connectivity index (χ4v) is 2.20. The zero-order chi connectivity index (χ0) is 12.3. The first kappa shape index (κ1) is 12.2. The van der Waals surface area contributed by atoms with Gasteiger partial charge >= 0.3 is 0 Å². The Hall–Kier alpha value is -1.29. The van der Waals surface area contributed by atoms with E-state index in [1.165, 1.54) is 5.69 Å². The molecule has 0 bridgehead atoms. The largest absolute Gasteiger partial charge is 0.377 e. The Bertz CT molecular complexity index is 379. The Morgan fingerprint density at radius 3 is 3.06 bits per heavy atom. The summed E-state index contributed by atoms with van der Waals surface area (Å²) in [5, 5.41) is 3.25. The molecule has 1 N–H and O–H groups in total. The Balaban J connectivity index is 2.23. The molecule has 0 amide bonds. The highest BCUT2D eigenvalue weighted by atomic mass is 16.5. The van der Waals surface area contributed by atoms with E-state index in [1.54, 1.807) is 0 Å². The fraction of sp³-hybridized carbons (Fsp3) is 0.615. The Labute approximate surface area is 103 Å². The third kappa shape index (κ3) is 2.69. The van der Waals surface area contributed by atoms with Crippen molar-refractivity contribution < 1.29 is 4.74 Å². The highest BCUT2D eigenvalue weighted by Gasteiger charge is 2.30. The van der Waals surface area contributed by atoms with Gasteiger partial charge in [-0.05, 0) is 26.8 Å². The molecule has 1 fully saturated rings. The van der Waals surface area contributed by atoms with Gasteiger partial charge in [0.05, 0.1) is 18.8 Å². The molecule has 2 heterocycles. The minimum Gasteiger partial charge on any atom is -0.377 e. The van der Waals surface area contributed by atoms with E-state index in [1.807, 2.05) is 6.20 Å². The molecular weight excluding hydrogens is 214 g/mol. The predicted molar refractivity (Wildman–Crippen MR) is 70.6 cm³/mol. The number of morpholine rings is 1. The van der Waals surface area contributed by atoms with Gasteiger partial charge < -0.3 is 15.0 Å². The van der Waals surface area contributed by atoms with E-state index >= 15 is 0 Å². The highest BCUT2D eigenvalue weighted by molar-refractivity contribution is 5.55. The molecule has 2 rings (SSSR count). The Morgan fingerprint density at radius 2 is 2.35 bits per heavy atom. The van der Waals surface area contributed by atoms with Crippen LogP contribution in [-0.2, 0) is 4.74 Å². The third-order valence-corrected chi connectivity index (χ3v) is 3.06. The third-order valence-electron chi connectivity index (χ3n) is 3.06. The van der Waals surface area contributed by atoms with Gasteiger partial charge in [-0.3, -0.25) is 0 Å². The van der Waals surface area contributed by atoms with E-state index in [2.05, 4.69) is 48.1 Å². The molecule has 1 aromatic heterocycles. The number of nitrogens with one attached hydrogen (secondary N) is 1. The standard InChI is InChI=1S/C13H21N3O/c1-4-14-12-9-11(5-6-15-12)16-7-8-17-10-13(16,2)3/h5-6,9H,4,7-8,10H2,1-3H3,(H,14,15). The molecule has 1 aromatic rings. The lowest BCUT2D eigenvalue weighted by Gasteiger charge is -2.43. The molecule has 1 aliphatic rings. The van der Waals surface area contributed by atoms with Crippen LogP contribution in [0, 0.1) is 0 Å². The second-order valence-electron chi connectivity index (χ2n) is 4.95. The first-order valence-corrected chi connectivity index (χ1v) is 6.19. The normalized spacial score (nSPS) is 19.1. The average Bonchev–Trinajstić information content (AvgIpc) is 2.29. The minimum atomic E-state index is 0.0447. The number of rotatable bonds is 3. The summed E-state index contributed by atoms with van der Waals surface area (Å²) in [5.41, 5.74) is 1.26. The van der Waals surface area contributed by atoms with Crippen molar-refractivity contribution in [1.82, 2.24) is 4.98 Å². The van der Waals surface area contributed by atoms with Gasteiger partial charge in [-0.25, -0.2) is 4.98 Å². The lowest BCUT2D eigenvalue weighted by atomic mass is 10.0. The second kappa shape index (κ2) is 4.92. The maximum Gasteiger partial charge on any atom is 0.127 e. The molecule has 0 spiro atoms. The molecule has 0 unspecified atom stereocenters. The van der Waals surface area contributed by atoms with E-state index in [9.17, 15) is 0 Å². The Morgan fingerprint density at radius 1 is 1.53 bits per heavy atom. The van der Waals surface area contributed by atoms with Crippen LogP contribution in [-0.4, -0.2) is 36.8 Å². The molecule has 4 heteroatoms. The topological polar surface area (TPSA) is 37.4 Å². The van der Waals surface area contributed by atoms with Crippen LogP contribution in [0.1, 0.15) is 20.8 Å². The van der Waals surface area contributed by atoms with Gasteiger partial charge in [0.1, 0.15) is 5.82 Å². The summed E-state index contributed by atoms with van der Waals surface area (Å²) >= 11 is 0. The number of pyridine rings is 1. The minimum absolute atomic E-state index is 0.0447. The van der Waals surface area contributed by atoms with Gasteiger partial charge in [0.25, 0.3) is 0 Å². The number of aromatic nitrogens is 1. The van der Waals surface area contributed by atoms with Crippen LogP contribution in [0.5, 0.6) is 0 Å². The highest BCUT2D eigenvalue weighted by Crippen LogP contribution is 2.27. The summed E-state index contributed by atoms with van der Waals surface area (Å²) in [4.78, 5) is 6.69. The van der Waals surface area contributed by atoms with Gasteiger partial charge in [-0.1, -0.05) is 0 Å². The average molecular weight is 235 g/mol. The van der Waals surface area contributed by atoms with Crippen molar-refractivity contribution in [2.75, 3.05) is 36.5 Å². The van der Waals surface area contributed by atoms with Crippen molar-refractivity contribution in [3.63, 3.8) is 0 Å². The number of nitrogens with zero attached hydrogens (tertiary/aromatic N) is 2. The molecule has 0 aliphatic carbocycles. The maximum absolute atomic E-state index is 5.54. The van der Waals surface area contributed by atoms with Crippen LogP contribution in [0.2, 0.25) is 0 Å². The van der Waals surface area contributed by atoms with Crippen molar-refractivity contribution in [2.45, 2.75) is 26.3 Å². The molecule has 4 nitrogen and oxygen atoms in total. The van der Waals surface area contributed by atoms with E-state index in [0.29, 0.717) is 0 Å². The van der Waals surface area contributed by atoms with Crippen molar-refractivity contribution in [3.05, 3.63) is 18.3 Å². The van der Waals surface area contributed by atoms with Gasteiger partial charge in [0.15, 0.2) is 0 Å². The van der Waals surface area contributed by atoms with Crippen molar-refractivity contribution in [2.24, 2.45) is 0 Å². The van der Waals surface area contributed by atoms with Gasteiger partial charge in [-0.15, -0.1) is 0 Å². The number of hydrogen-bond donors (Lipinski definition) is 1. The van der Waals surface area contributed by atoms with E-state index in [4.69, 9.17) is 4.74 Å². The first-order valence-electron chi connectivity index (χ1n) is 6.19. The molecule has 0 atom stereocenters. The first-order chi connectivity index (χ1) is 8.13. The lowest BCUT2D eigenvalue weighted by molar-refractivity contribution is 0.0644. The maximum atomic E-state index is 5.54. The molecule has 0 saturated carbocycles. The second-order valence-corrected chi connectivity index (χ2v) is 4.95. The molecular formula is C13H21N3O. The van der Waals surface area contributed by atoms with Crippen LogP contribution >= 0.6 is 0 Å². The summed E-state index contributed by atoms with van der Waals surface area (Å²) in [6.07, 6.45) is 1.86. The van der Waals surface area contributed by atoms with E-state index in [0.717, 1.165) is 32.1 Å². The van der Waals surface area contributed by atoms with Crippen LogP contribution < -0.4 is 10.2 Å². The molecule has 0 radical (unpaired) electrons. The van der Waals surface area contributed by atoms with Crippen molar-refractivity contribution in [3.8, 4) is 0 Å². The summed E-state index contributed by atoms with van der Waals surface area (Å²) in [7, 11) is 0. The zero-order valence-electron chi connectivity index (χ0n) is 10.9.